The number of aliphatic carboxylic acids is 1. The van der Waals surface area contributed by atoms with E-state index in [0.29, 0.717) is 0 Å². The van der Waals surface area contributed by atoms with Gasteiger partial charge in [-0.3, -0.25) is 4.79 Å². The average Bonchev–Trinajstić information content (AvgIpc) is 2.70. The Labute approximate surface area is 83.4 Å². The van der Waals surface area contributed by atoms with Crippen LogP contribution in [0, 0.1) is 5.92 Å². The van der Waals surface area contributed by atoms with E-state index in [2.05, 4.69) is 0 Å². The second kappa shape index (κ2) is 3.86. The minimum atomic E-state index is -0.650. The minimum absolute atomic E-state index is 0.163. The second-order valence-corrected chi connectivity index (χ2v) is 3.93. The molecule has 0 radical (unpaired) electrons. The molecule has 0 bridgehead atoms. The first-order chi connectivity index (χ1) is 6.79. The highest BCUT2D eigenvalue weighted by Gasteiger charge is 2.31. The van der Waals surface area contributed by atoms with Crippen LogP contribution in [0.25, 0.3) is 0 Å². The van der Waals surface area contributed by atoms with Gasteiger partial charge in [0.2, 0.25) is 0 Å². The maximum absolute atomic E-state index is 11.0. The molecule has 0 unspecified atom stereocenters. The Bertz CT molecular complexity index is 305. The van der Waals surface area contributed by atoms with Gasteiger partial charge in [0.05, 0.1) is 5.92 Å². The number of carbonyl (C=O) groups is 1. The quantitative estimate of drug-likeness (QED) is 0.783. The first kappa shape index (κ1) is 9.31. The summed E-state index contributed by atoms with van der Waals surface area (Å²) in [5.74, 6) is -0.848. The van der Waals surface area contributed by atoms with Crippen molar-refractivity contribution in [3.05, 3.63) is 24.5 Å². The molecule has 1 heterocycles. The topological polar surface area (TPSA) is 42.2 Å². The summed E-state index contributed by atoms with van der Waals surface area (Å²) >= 11 is 0. The maximum Gasteiger partial charge on any atom is 0.308 e. The zero-order valence-corrected chi connectivity index (χ0v) is 8.10. The van der Waals surface area contributed by atoms with Crippen LogP contribution in [0.5, 0.6) is 0 Å². The molecule has 1 saturated carbocycles. The Morgan fingerprint density at radius 3 is 2.50 bits per heavy atom. The standard InChI is InChI=1S/C11H15NO2/c13-11(14)9-5-1-2-6-10(9)12-7-3-4-8-12/h3-4,7-10H,1-2,5-6H2,(H,13,14)/t9-,10-/m0/s1. The molecule has 2 atom stereocenters. The van der Waals surface area contributed by atoms with Gasteiger partial charge >= 0.3 is 5.97 Å². The predicted molar refractivity (Wildman–Crippen MR) is 53.1 cm³/mol. The molecule has 0 aromatic carbocycles. The van der Waals surface area contributed by atoms with Crippen LogP contribution in [0.2, 0.25) is 0 Å². The van der Waals surface area contributed by atoms with Gasteiger partial charge in [0.15, 0.2) is 0 Å². The van der Waals surface area contributed by atoms with E-state index < -0.39 is 5.97 Å². The monoisotopic (exact) mass is 193 g/mol. The molecule has 3 heteroatoms. The lowest BCUT2D eigenvalue weighted by Gasteiger charge is -2.29. The third-order valence-electron chi connectivity index (χ3n) is 3.06. The van der Waals surface area contributed by atoms with E-state index in [0.717, 1.165) is 25.7 Å². The molecule has 0 amide bonds. The van der Waals surface area contributed by atoms with Gasteiger partial charge in [-0.25, -0.2) is 0 Å². The first-order valence-corrected chi connectivity index (χ1v) is 5.14. The normalized spacial score (nSPS) is 27.4. The highest BCUT2D eigenvalue weighted by molar-refractivity contribution is 5.70. The molecule has 1 aromatic rings. The number of aromatic nitrogens is 1. The van der Waals surface area contributed by atoms with Crippen molar-refractivity contribution in [3.8, 4) is 0 Å². The van der Waals surface area contributed by atoms with Crippen molar-refractivity contribution in [1.82, 2.24) is 4.57 Å². The smallest absolute Gasteiger partial charge is 0.308 e. The molecule has 0 spiro atoms. The van der Waals surface area contributed by atoms with Crippen molar-refractivity contribution in [2.45, 2.75) is 31.7 Å². The first-order valence-electron chi connectivity index (χ1n) is 5.14. The fourth-order valence-electron chi connectivity index (χ4n) is 2.33. The second-order valence-electron chi connectivity index (χ2n) is 3.93. The zero-order valence-electron chi connectivity index (χ0n) is 8.10. The lowest BCUT2D eigenvalue weighted by atomic mass is 9.84. The summed E-state index contributed by atoms with van der Waals surface area (Å²) in [6.45, 7) is 0. The van der Waals surface area contributed by atoms with Crippen LogP contribution in [0.15, 0.2) is 24.5 Å². The van der Waals surface area contributed by atoms with E-state index in [4.69, 9.17) is 5.11 Å². The van der Waals surface area contributed by atoms with E-state index in [9.17, 15) is 4.79 Å². The number of carboxylic acid groups (broad SMARTS) is 1. The Hall–Kier alpha value is -1.25. The molecule has 1 fully saturated rings. The third kappa shape index (κ3) is 1.67. The summed E-state index contributed by atoms with van der Waals surface area (Å²) in [4.78, 5) is 11.0. The van der Waals surface area contributed by atoms with Crippen molar-refractivity contribution in [3.63, 3.8) is 0 Å². The molecular weight excluding hydrogens is 178 g/mol. The van der Waals surface area contributed by atoms with E-state index >= 15 is 0 Å². The van der Waals surface area contributed by atoms with Gasteiger partial charge in [-0.15, -0.1) is 0 Å². The van der Waals surface area contributed by atoms with Gasteiger partial charge in [0, 0.05) is 18.4 Å². The van der Waals surface area contributed by atoms with Crippen LogP contribution in [0.1, 0.15) is 31.7 Å². The van der Waals surface area contributed by atoms with Crippen LogP contribution < -0.4 is 0 Å². The van der Waals surface area contributed by atoms with Gasteiger partial charge in [-0.05, 0) is 25.0 Å². The molecule has 3 nitrogen and oxygen atoms in total. The summed E-state index contributed by atoms with van der Waals surface area (Å²) < 4.78 is 2.04. The molecule has 1 N–H and O–H groups in total. The largest absolute Gasteiger partial charge is 0.481 e. The Morgan fingerprint density at radius 2 is 1.86 bits per heavy atom. The molecule has 1 aliphatic carbocycles. The summed E-state index contributed by atoms with van der Waals surface area (Å²) in [6.07, 6.45) is 7.93. The molecule has 0 aliphatic heterocycles. The van der Waals surface area contributed by atoms with Crippen molar-refractivity contribution in [2.24, 2.45) is 5.92 Å². The Morgan fingerprint density at radius 1 is 1.21 bits per heavy atom. The molecule has 1 aromatic heterocycles. The van der Waals surface area contributed by atoms with Crippen molar-refractivity contribution in [2.75, 3.05) is 0 Å². The van der Waals surface area contributed by atoms with Gasteiger partial charge in [-0.2, -0.15) is 0 Å². The average molecular weight is 193 g/mol. The SMILES string of the molecule is O=C(O)[C@H]1CCCC[C@@H]1n1cccc1. The number of rotatable bonds is 2. The van der Waals surface area contributed by atoms with Crippen LogP contribution >= 0.6 is 0 Å². The third-order valence-corrected chi connectivity index (χ3v) is 3.06. The van der Waals surface area contributed by atoms with Crippen molar-refractivity contribution < 1.29 is 9.90 Å². The number of carboxylic acids is 1. The number of hydrogen-bond acceptors (Lipinski definition) is 1. The predicted octanol–water partition coefficient (Wildman–Crippen LogP) is 2.30. The molecule has 1 aliphatic rings. The van der Waals surface area contributed by atoms with E-state index in [-0.39, 0.29) is 12.0 Å². The van der Waals surface area contributed by atoms with E-state index in [1.807, 2.05) is 29.1 Å². The Balaban J connectivity index is 2.18. The van der Waals surface area contributed by atoms with Crippen LogP contribution in [-0.2, 0) is 4.79 Å². The number of hydrogen-bond donors (Lipinski definition) is 1. The van der Waals surface area contributed by atoms with Gasteiger partial charge in [0.1, 0.15) is 0 Å². The fourth-order valence-corrected chi connectivity index (χ4v) is 2.33. The van der Waals surface area contributed by atoms with E-state index in [1.54, 1.807) is 0 Å². The lowest BCUT2D eigenvalue weighted by molar-refractivity contribution is -0.144. The number of nitrogens with zero attached hydrogens (tertiary/aromatic N) is 1. The molecule has 14 heavy (non-hydrogen) atoms. The van der Waals surface area contributed by atoms with Crippen LogP contribution in [0.3, 0.4) is 0 Å². The van der Waals surface area contributed by atoms with Gasteiger partial charge in [0.25, 0.3) is 0 Å². The van der Waals surface area contributed by atoms with Gasteiger partial charge in [-0.1, -0.05) is 12.8 Å². The highest BCUT2D eigenvalue weighted by Crippen LogP contribution is 2.33. The van der Waals surface area contributed by atoms with E-state index in [1.165, 1.54) is 0 Å². The Kier molecular flexibility index (Phi) is 2.57. The summed E-state index contributed by atoms with van der Waals surface area (Å²) in [7, 11) is 0. The lowest BCUT2D eigenvalue weighted by Crippen LogP contribution is -2.28. The highest BCUT2D eigenvalue weighted by atomic mass is 16.4. The molecule has 76 valence electrons. The van der Waals surface area contributed by atoms with Crippen LogP contribution in [-0.4, -0.2) is 15.6 Å². The van der Waals surface area contributed by atoms with Crippen molar-refractivity contribution in [1.29, 1.82) is 0 Å². The maximum atomic E-state index is 11.0. The molecular formula is C11H15NO2. The molecule has 0 saturated heterocycles. The summed E-state index contributed by atoms with van der Waals surface area (Å²) in [5, 5.41) is 9.09. The summed E-state index contributed by atoms with van der Waals surface area (Å²) in [6, 6.07) is 4.07. The van der Waals surface area contributed by atoms with Gasteiger partial charge < -0.3 is 9.67 Å². The fraction of sp³-hybridized carbons (Fsp3) is 0.545. The zero-order chi connectivity index (χ0) is 9.97. The van der Waals surface area contributed by atoms with Crippen LogP contribution in [0.4, 0.5) is 0 Å². The van der Waals surface area contributed by atoms with Crippen molar-refractivity contribution >= 4 is 5.97 Å². The molecule has 2 rings (SSSR count). The summed E-state index contributed by atoms with van der Waals surface area (Å²) in [5.41, 5.74) is 0. The minimum Gasteiger partial charge on any atom is -0.481 e.